The van der Waals surface area contributed by atoms with E-state index in [4.69, 9.17) is 9.31 Å². The molecule has 126 valence electrons. The summed E-state index contributed by atoms with van der Waals surface area (Å²) in [4.78, 5) is 12.7. The maximum Gasteiger partial charge on any atom is 0.493 e. The quantitative estimate of drug-likeness (QED) is 0.669. The van der Waals surface area contributed by atoms with Gasteiger partial charge in [0.2, 0.25) is 0 Å². The molecule has 0 bridgehead atoms. The van der Waals surface area contributed by atoms with Crippen molar-refractivity contribution < 1.29 is 14.1 Å². The largest absolute Gasteiger partial charge is 0.493 e. The van der Waals surface area contributed by atoms with Gasteiger partial charge in [0, 0.05) is 24.2 Å². The van der Waals surface area contributed by atoms with E-state index in [1.165, 1.54) is 4.68 Å². The number of hydrogen-bond donors (Lipinski definition) is 0. The Labute approximate surface area is 145 Å². The summed E-state index contributed by atoms with van der Waals surface area (Å²) in [6.45, 7) is 5.49. The van der Waals surface area contributed by atoms with Gasteiger partial charge < -0.3 is 9.31 Å². The molecule has 3 aromatic rings. The van der Waals surface area contributed by atoms with Crippen molar-refractivity contribution in [3.63, 3.8) is 0 Å². The molecule has 2 aromatic carbocycles. The minimum atomic E-state index is -0.385. The molecule has 0 spiro atoms. The Kier molecular flexibility index (Phi) is 3.90. The number of hydrogen-bond acceptors (Lipinski definition) is 5. The molecule has 6 nitrogen and oxygen atoms in total. The third kappa shape index (κ3) is 3.08. The molecular formula is C18H18BN3O3. The van der Waals surface area contributed by atoms with Crippen molar-refractivity contribution in [2.24, 2.45) is 5.41 Å². The molecule has 1 aliphatic heterocycles. The highest BCUT2D eigenvalue weighted by Gasteiger charge is 2.33. The lowest BCUT2D eigenvalue weighted by molar-refractivity contribution is 0.0343. The molecule has 25 heavy (non-hydrogen) atoms. The zero-order valence-electron chi connectivity index (χ0n) is 14.2. The maximum absolute atomic E-state index is 12.7. The lowest BCUT2D eigenvalue weighted by Crippen LogP contribution is -2.47. The van der Waals surface area contributed by atoms with Gasteiger partial charge in [-0.3, -0.25) is 4.79 Å². The average molecular weight is 335 g/mol. The fourth-order valence-electron chi connectivity index (χ4n) is 2.81. The molecule has 1 aliphatic rings. The molecule has 2 heterocycles. The number of rotatable bonds is 2. The summed E-state index contributed by atoms with van der Waals surface area (Å²) in [7, 11) is -0.385. The van der Waals surface area contributed by atoms with Gasteiger partial charge in [0.05, 0.1) is 5.52 Å². The number of nitrogens with zero attached hydrogens (tertiary/aromatic N) is 3. The Hall–Kier alpha value is -2.51. The zero-order chi connectivity index (χ0) is 17.4. The van der Waals surface area contributed by atoms with Crippen LogP contribution >= 0.6 is 0 Å². The predicted molar refractivity (Wildman–Crippen MR) is 94.8 cm³/mol. The first-order chi connectivity index (χ1) is 12.0. The van der Waals surface area contributed by atoms with Crippen LogP contribution in [0.5, 0.6) is 0 Å². The molecule has 0 amide bonds. The lowest BCUT2D eigenvalue weighted by atomic mass is 9.75. The number of aromatic nitrogens is 3. The van der Waals surface area contributed by atoms with Crippen molar-refractivity contribution in [3.05, 3.63) is 54.1 Å². The summed E-state index contributed by atoms with van der Waals surface area (Å²) < 4.78 is 12.9. The van der Waals surface area contributed by atoms with Crippen LogP contribution in [0.3, 0.4) is 0 Å². The molecule has 7 heteroatoms. The van der Waals surface area contributed by atoms with Crippen molar-refractivity contribution in [2.45, 2.75) is 13.8 Å². The fraction of sp³-hybridized carbons (Fsp3) is 0.278. The summed E-state index contributed by atoms with van der Waals surface area (Å²) in [5.41, 5.74) is 2.85. The molecule has 1 fully saturated rings. The van der Waals surface area contributed by atoms with Crippen molar-refractivity contribution in [3.8, 4) is 0 Å². The van der Waals surface area contributed by atoms with E-state index in [9.17, 15) is 4.79 Å². The van der Waals surface area contributed by atoms with E-state index in [0.29, 0.717) is 29.8 Å². The third-order valence-corrected chi connectivity index (χ3v) is 4.22. The molecule has 0 saturated carbocycles. The second-order valence-electron chi connectivity index (χ2n) is 7.04. The predicted octanol–water partition coefficient (Wildman–Crippen LogP) is 1.89. The summed E-state index contributed by atoms with van der Waals surface area (Å²) >= 11 is 0. The van der Waals surface area contributed by atoms with Crippen molar-refractivity contribution >= 4 is 29.5 Å². The molecule has 0 unspecified atom stereocenters. The van der Waals surface area contributed by atoms with Crippen LogP contribution in [0.2, 0.25) is 0 Å². The van der Waals surface area contributed by atoms with E-state index in [1.807, 2.05) is 36.4 Å². The van der Waals surface area contributed by atoms with Crippen LogP contribution in [0, 0.1) is 5.41 Å². The minimum Gasteiger partial charge on any atom is -0.407 e. The van der Waals surface area contributed by atoms with Gasteiger partial charge in [-0.05, 0) is 29.7 Å². The summed E-state index contributed by atoms with van der Waals surface area (Å²) in [6, 6.07) is 14.6. The van der Waals surface area contributed by atoms with E-state index in [1.54, 1.807) is 12.1 Å². The summed E-state index contributed by atoms with van der Waals surface area (Å²) in [5.74, 6) is -0.216. The van der Waals surface area contributed by atoms with Gasteiger partial charge in [-0.1, -0.05) is 43.3 Å². The summed E-state index contributed by atoms with van der Waals surface area (Å²) in [5, 5.41) is 7.99. The average Bonchev–Trinajstić information content (AvgIpc) is 3.05. The van der Waals surface area contributed by atoms with Crippen LogP contribution in [-0.2, 0) is 9.31 Å². The van der Waals surface area contributed by atoms with E-state index >= 15 is 0 Å². The number of fused-ring (bicyclic) bond motifs is 1. The topological polar surface area (TPSA) is 66.2 Å². The van der Waals surface area contributed by atoms with Gasteiger partial charge in [0.1, 0.15) is 5.52 Å². The summed E-state index contributed by atoms with van der Waals surface area (Å²) in [6.07, 6.45) is 0. The van der Waals surface area contributed by atoms with Crippen molar-refractivity contribution in [1.29, 1.82) is 0 Å². The normalized spacial score (nSPS) is 17.0. The van der Waals surface area contributed by atoms with Gasteiger partial charge >= 0.3 is 7.12 Å². The highest BCUT2D eigenvalue weighted by Crippen LogP contribution is 2.21. The second kappa shape index (κ2) is 6.09. The first kappa shape index (κ1) is 16.0. The monoisotopic (exact) mass is 335 g/mol. The molecule has 1 saturated heterocycles. The Morgan fingerprint density at radius 3 is 2.48 bits per heavy atom. The molecule has 1 aromatic heterocycles. The molecule has 4 rings (SSSR count). The van der Waals surface area contributed by atoms with E-state index < -0.39 is 0 Å². The van der Waals surface area contributed by atoms with Crippen LogP contribution in [0.4, 0.5) is 0 Å². The smallest absolute Gasteiger partial charge is 0.407 e. The third-order valence-electron chi connectivity index (χ3n) is 4.22. The van der Waals surface area contributed by atoms with Crippen LogP contribution in [0.25, 0.3) is 11.0 Å². The molecule has 0 radical (unpaired) electrons. The maximum atomic E-state index is 12.7. The Morgan fingerprint density at radius 2 is 1.76 bits per heavy atom. The highest BCUT2D eigenvalue weighted by molar-refractivity contribution is 6.61. The van der Waals surface area contributed by atoms with Gasteiger partial charge in [-0.25, -0.2) is 0 Å². The minimum absolute atomic E-state index is 0.0283. The van der Waals surface area contributed by atoms with E-state index in [2.05, 4.69) is 24.2 Å². The Bertz CT molecular complexity index is 911. The van der Waals surface area contributed by atoms with Gasteiger partial charge in [0.15, 0.2) is 0 Å². The number of para-hydroxylation sites is 1. The van der Waals surface area contributed by atoms with Crippen LogP contribution in [0.15, 0.2) is 48.5 Å². The standard InChI is InChI=1S/C18H18BN3O3/c1-18(2)11-24-19(25-12-18)14-9-7-13(8-10-14)17(23)22-16-6-4-3-5-15(16)20-21-22/h3-10H,11-12H2,1-2H3. The molecular weight excluding hydrogens is 317 g/mol. The first-order valence-electron chi connectivity index (χ1n) is 8.22. The van der Waals surface area contributed by atoms with Crippen LogP contribution < -0.4 is 5.46 Å². The highest BCUT2D eigenvalue weighted by atomic mass is 16.6. The van der Waals surface area contributed by atoms with Crippen LogP contribution in [-0.4, -0.2) is 41.2 Å². The van der Waals surface area contributed by atoms with Crippen LogP contribution in [0.1, 0.15) is 24.2 Å². The fourth-order valence-corrected chi connectivity index (χ4v) is 2.81. The number of carbonyl (C=O) groups is 1. The zero-order valence-corrected chi connectivity index (χ0v) is 14.2. The van der Waals surface area contributed by atoms with Gasteiger partial charge in [-0.2, -0.15) is 4.68 Å². The molecule has 0 N–H and O–H groups in total. The number of carbonyl (C=O) groups excluding carboxylic acids is 1. The Balaban J connectivity index is 1.55. The second-order valence-corrected chi connectivity index (χ2v) is 7.04. The number of benzene rings is 2. The van der Waals surface area contributed by atoms with Gasteiger partial charge in [0.25, 0.3) is 5.91 Å². The van der Waals surface area contributed by atoms with Crippen molar-refractivity contribution in [2.75, 3.05) is 13.2 Å². The van der Waals surface area contributed by atoms with Gasteiger partial charge in [-0.15, -0.1) is 5.10 Å². The first-order valence-corrected chi connectivity index (χ1v) is 8.22. The van der Waals surface area contributed by atoms with E-state index in [-0.39, 0.29) is 18.4 Å². The molecule has 0 atom stereocenters. The van der Waals surface area contributed by atoms with Crippen molar-refractivity contribution in [1.82, 2.24) is 15.0 Å². The Morgan fingerprint density at radius 1 is 1.08 bits per heavy atom. The SMILES string of the molecule is CC1(C)COB(c2ccc(C(=O)n3nnc4ccccc43)cc2)OC1. The van der Waals surface area contributed by atoms with E-state index in [0.717, 1.165) is 5.46 Å². The lowest BCUT2D eigenvalue weighted by Gasteiger charge is -2.33. The molecule has 0 aliphatic carbocycles.